The molecule has 2 unspecified atom stereocenters. The summed E-state index contributed by atoms with van der Waals surface area (Å²) in [5, 5.41) is 13.9. The van der Waals surface area contributed by atoms with Gasteiger partial charge in [0, 0.05) is 6.92 Å². The lowest BCUT2D eigenvalue weighted by Crippen LogP contribution is -2.46. The van der Waals surface area contributed by atoms with Gasteiger partial charge >= 0.3 is 5.97 Å². The van der Waals surface area contributed by atoms with Crippen LogP contribution in [0.5, 0.6) is 0 Å². The fourth-order valence-electron chi connectivity index (χ4n) is 1.77. The van der Waals surface area contributed by atoms with Crippen molar-refractivity contribution in [2.75, 3.05) is 0 Å². The molecular weight excluding hydrogens is 279 g/mol. The van der Waals surface area contributed by atoms with E-state index in [4.69, 9.17) is 0 Å². The SMILES string of the molecule is CC(=O)NC(C)C(=O)NC(C(=O)O)c1ccc(F)c(C)c1. The highest BCUT2D eigenvalue weighted by Crippen LogP contribution is 2.17. The van der Waals surface area contributed by atoms with Crippen LogP contribution in [-0.4, -0.2) is 28.9 Å². The van der Waals surface area contributed by atoms with E-state index in [1.165, 1.54) is 32.9 Å². The number of aliphatic carboxylic acids is 1. The summed E-state index contributed by atoms with van der Waals surface area (Å²) in [7, 11) is 0. The summed E-state index contributed by atoms with van der Waals surface area (Å²) in [4.78, 5) is 34.0. The molecule has 114 valence electrons. The molecular formula is C14H17FN2O4. The third kappa shape index (κ3) is 4.55. The van der Waals surface area contributed by atoms with Crippen LogP contribution in [0, 0.1) is 12.7 Å². The summed E-state index contributed by atoms with van der Waals surface area (Å²) >= 11 is 0. The summed E-state index contributed by atoms with van der Waals surface area (Å²) in [6.07, 6.45) is 0. The molecule has 0 spiro atoms. The highest BCUT2D eigenvalue weighted by Gasteiger charge is 2.25. The van der Waals surface area contributed by atoms with Crippen molar-refractivity contribution < 1.29 is 23.9 Å². The van der Waals surface area contributed by atoms with Crippen LogP contribution in [0.2, 0.25) is 0 Å². The maximum Gasteiger partial charge on any atom is 0.330 e. The van der Waals surface area contributed by atoms with Crippen LogP contribution in [-0.2, 0) is 14.4 Å². The number of benzene rings is 1. The van der Waals surface area contributed by atoms with Gasteiger partial charge in [-0.05, 0) is 31.0 Å². The third-order valence-electron chi connectivity index (χ3n) is 2.86. The quantitative estimate of drug-likeness (QED) is 0.752. The Morgan fingerprint density at radius 1 is 1.24 bits per heavy atom. The topological polar surface area (TPSA) is 95.5 Å². The van der Waals surface area contributed by atoms with Crippen molar-refractivity contribution in [1.82, 2.24) is 10.6 Å². The lowest BCUT2D eigenvalue weighted by Gasteiger charge is -2.19. The van der Waals surface area contributed by atoms with Crippen molar-refractivity contribution in [2.45, 2.75) is 32.9 Å². The van der Waals surface area contributed by atoms with Gasteiger partial charge < -0.3 is 15.7 Å². The molecule has 0 bridgehead atoms. The number of rotatable bonds is 5. The van der Waals surface area contributed by atoms with Crippen molar-refractivity contribution in [3.8, 4) is 0 Å². The second-order valence-electron chi connectivity index (χ2n) is 4.71. The molecule has 0 aromatic heterocycles. The Hall–Kier alpha value is -2.44. The van der Waals surface area contributed by atoms with Gasteiger partial charge in [-0.25, -0.2) is 9.18 Å². The number of hydrogen-bond acceptors (Lipinski definition) is 3. The Labute approximate surface area is 121 Å². The van der Waals surface area contributed by atoms with Crippen LogP contribution in [0.4, 0.5) is 4.39 Å². The van der Waals surface area contributed by atoms with Gasteiger partial charge in [-0.3, -0.25) is 9.59 Å². The van der Waals surface area contributed by atoms with Crippen LogP contribution in [0.3, 0.4) is 0 Å². The van der Waals surface area contributed by atoms with Gasteiger partial charge in [0.1, 0.15) is 11.9 Å². The number of aryl methyl sites for hydroxylation is 1. The van der Waals surface area contributed by atoms with E-state index >= 15 is 0 Å². The van der Waals surface area contributed by atoms with Crippen molar-refractivity contribution >= 4 is 17.8 Å². The van der Waals surface area contributed by atoms with Gasteiger partial charge in [-0.15, -0.1) is 0 Å². The number of carbonyl (C=O) groups is 3. The molecule has 0 aliphatic rings. The highest BCUT2D eigenvalue weighted by atomic mass is 19.1. The molecule has 0 saturated heterocycles. The number of amides is 2. The van der Waals surface area contributed by atoms with E-state index in [0.717, 1.165) is 6.07 Å². The van der Waals surface area contributed by atoms with E-state index in [1.54, 1.807) is 0 Å². The van der Waals surface area contributed by atoms with Crippen molar-refractivity contribution in [3.05, 3.63) is 35.1 Å². The number of carbonyl (C=O) groups excluding carboxylic acids is 2. The fourth-order valence-corrected chi connectivity index (χ4v) is 1.77. The first kappa shape index (κ1) is 16.6. The zero-order valence-corrected chi connectivity index (χ0v) is 11.9. The van der Waals surface area contributed by atoms with Crippen LogP contribution in [0.25, 0.3) is 0 Å². The van der Waals surface area contributed by atoms with E-state index in [-0.39, 0.29) is 11.1 Å². The van der Waals surface area contributed by atoms with E-state index in [2.05, 4.69) is 10.6 Å². The minimum atomic E-state index is -1.31. The number of nitrogens with one attached hydrogen (secondary N) is 2. The summed E-state index contributed by atoms with van der Waals surface area (Å²) < 4.78 is 13.2. The average molecular weight is 296 g/mol. The molecule has 0 saturated carbocycles. The summed E-state index contributed by atoms with van der Waals surface area (Å²) in [5.74, 6) is -2.77. The van der Waals surface area contributed by atoms with Gasteiger partial charge in [0.05, 0.1) is 0 Å². The molecule has 3 N–H and O–H groups in total. The molecule has 1 aromatic rings. The van der Waals surface area contributed by atoms with Crippen LogP contribution in [0.1, 0.15) is 31.0 Å². The monoisotopic (exact) mass is 296 g/mol. The fraction of sp³-hybridized carbons (Fsp3) is 0.357. The van der Waals surface area contributed by atoms with Crippen molar-refractivity contribution in [1.29, 1.82) is 0 Å². The maximum atomic E-state index is 13.2. The molecule has 1 rings (SSSR count). The zero-order chi connectivity index (χ0) is 16.2. The molecule has 1 aromatic carbocycles. The normalized spacial score (nSPS) is 13.1. The van der Waals surface area contributed by atoms with Gasteiger partial charge in [0.2, 0.25) is 11.8 Å². The molecule has 2 atom stereocenters. The van der Waals surface area contributed by atoms with Crippen LogP contribution in [0.15, 0.2) is 18.2 Å². The summed E-state index contributed by atoms with van der Waals surface area (Å²) in [6.45, 7) is 4.19. The Morgan fingerprint density at radius 3 is 2.33 bits per heavy atom. The number of carboxylic acids is 1. The molecule has 0 aliphatic heterocycles. The molecule has 0 radical (unpaired) electrons. The first-order valence-corrected chi connectivity index (χ1v) is 6.28. The smallest absolute Gasteiger partial charge is 0.330 e. The minimum absolute atomic E-state index is 0.254. The van der Waals surface area contributed by atoms with Crippen LogP contribution < -0.4 is 10.6 Å². The molecule has 6 nitrogen and oxygen atoms in total. The highest BCUT2D eigenvalue weighted by molar-refractivity contribution is 5.90. The second-order valence-corrected chi connectivity index (χ2v) is 4.71. The van der Waals surface area contributed by atoms with Crippen LogP contribution >= 0.6 is 0 Å². The predicted molar refractivity (Wildman–Crippen MR) is 72.9 cm³/mol. The average Bonchev–Trinajstić information content (AvgIpc) is 2.37. The van der Waals surface area contributed by atoms with E-state index in [9.17, 15) is 23.9 Å². The number of carboxylic acid groups (broad SMARTS) is 1. The first-order chi connectivity index (χ1) is 9.72. The van der Waals surface area contributed by atoms with Gasteiger partial charge in [0.25, 0.3) is 0 Å². The second kappa shape index (κ2) is 6.83. The summed E-state index contributed by atoms with van der Waals surface area (Å²) in [6, 6.07) is 1.62. The Bertz CT molecular complexity index is 574. The van der Waals surface area contributed by atoms with E-state index in [1.807, 2.05) is 0 Å². The number of halogens is 1. The molecule has 21 heavy (non-hydrogen) atoms. The van der Waals surface area contributed by atoms with Gasteiger partial charge in [0.15, 0.2) is 6.04 Å². The third-order valence-corrected chi connectivity index (χ3v) is 2.86. The largest absolute Gasteiger partial charge is 0.479 e. The minimum Gasteiger partial charge on any atom is -0.479 e. The van der Waals surface area contributed by atoms with Crippen molar-refractivity contribution in [3.63, 3.8) is 0 Å². The van der Waals surface area contributed by atoms with E-state index < -0.39 is 35.7 Å². The zero-order valence-electron chi connectivity index (χ0n) is 11.9. The number of hydrogen-bond donors (Lipinski definition) is 3. The summed E-state index contributed by atoms with van der Waals surface area (Å²) in [5.41, 5.74) is 0.535. The van der Waals surface area contributed by atoms with Gasteiger partial charge in [-0.1, -0.05) is 12.1 Å². The Morgan fingerprint density at radius 2 is 1.86 bits per heavy atom. The van der Waals surface area contributed by atoms with Gasteiger partial charge in [-0.2, -0.15) is 0 Å². The Kier molecular flexibility index (Phi) is 5.40. The lowest BCUT2D eigenvalue weighted by atomic mass is 10.0. The predicted octanol–water partition coefficient (Wildman–Crippen LogP) is 0.901. The first-order valence-electron chi connectivity index (χ1n) is 6.28. The molecule has 0 fully saturated rings. The molecule has 2 amide bonds. The maximum absolute atomic E-state index is 13.2. The standard InChI is InChI=1S/C14H17FN2O4/c1-7-6-10(4-5-11(7)15)12(14(20)21)17-13(19)8(2)16-9(3)18/h4-6,8,12H,1-3H3,(H,16,18)(H,17,19)(H,20,21). The van der Waals surface area contributed by atoms with E-state index in [0.29, 0.717) is 0 Å². The lowest BCUT2D eigenvalue weighted by molar-refractivity contribution is -0.142. The Balaban J connectivity index is 2.92. The molecule has 0 aliphatic carbocycles. The molecule has 0 heterocycles. The molecule has 7 heteroatoms. The van der Waals surface area contributed by atoms with Crippen molar-refractivity contribution in [2.24, 2.45) is 0 Å².